The zero-order valence-electron chi connectivity index (χ0n) is 9.75. The number of methoxy groups -OCH3 is 1. The third-order valence-electron chi connectivity index (χ3n) is 3.19. The van der Waals surface area contributed by atoms with E-state index in [1.54, 1.807) is 0 Å². The Morgan fingerprint density at radius 2 is 2.31 bits per heavy atom. The summed E-state index contributed by atoms with van der Waals surface area (Å²) in [6, 6.07) is 6.01. The van der Waals surface area contributed by atoms with Gasteiger partial charge in [-0.1, -0.05) is 12.1 Å². The van der Waals surface area contributed by atoms with Gasteiger partial charge in [0.1, 0.15) is 0 Å². The number of rotatable bonds is 2. The summed E-state index contributed by atoms with van der Waals surface area (Å²) in [4.78, 5) is 11.4. The smallest absolute Gasteiger partial charge is 0.338 e. The SMILES string of the molecule is COC(=O)c1ccc(C2CCNC2)cc1C. The highest BCUT2D eigenvalue weighted by molar-refractivity contribution is 5.91. The van der Waals surface area contributed by atoms with E-state index < -0.39 is 0 Å². The Kier molecular flexibility index (Phi) is 3.25. The van der Waals surface area contributed by atoms with E-state index in [-0.39, 0.29) is 5.97 Å². The average molecular weight is 219 g/mol. The van der Waals surface area contributed by atoms with Crippen LogP contribution in [0.25, 0.3) is 0 Å². The number of esters is 1. The molecule has 3 heteroatoms. The maximum Gasteiger partial charge on any atom is 0.338 e. The van der Waals surface area contributed by atoms with Crippen molar-refractivity contribution in [2.24, 2.45) is 0 Å². The van der Waals surface area contributed by atoms with E-state index in [0.29, 0.717) is 11.5 Å². The largest absolute Gasteiger partial charge is 0.465 e. The monoisotopic (exact) mass is 219 g/mol. The molecule has 0 amide bonds. The van der Waals surface area contributed by atoms with Crippen LogP contribution in [-0.2, 0) is 4.74 Å². The minimum atomic E-state index is -0.256. The van der Waals surface area contributed by atoms with E-state index in [1.165, 1.54) is 19.1 Å². The van der Waals surface area contributed by atoms with Gasteiger partial charge in [0.05, 0.1) is 12.7 Å². The Balaban J connectivity index is 2.25. The molecule has 86 valence electrons. The van der Waals surface area contributed by atoms with Gasteiger partial charge in [0.15, 0.2) is 0 Å². The zero-order valence-corrected chi connectivity index (χ0v) is 9.75. The van der Waals surface area contributed by atoms with Crippen LogP contribution in [0.3, 0.4) is 0 Å². The lowest BCUT2D eigenvalue weighted by Crippen LogP contribution is -2.09. The van der Waals surface area contributed by atoms with Crippen LogP contribution in [0, 0.1) is 6.92 Å². The van der Waals surface area contributed by atoms with Gasteiger partial charge in [-0.25, -0.2) is 4.79 Å². The Bertz CT molecular complexity index is 395. The first kappa shape index (κ1) is 11.1. The van der Waals surface area contributed by atoms with Gasteiger partial charge in [-0.15, -0.1) is 0 Å². The highest BCUT2D eigenvalue weighted by Crippen LogP contribution is 2.24. The molecule has 1 aromatic carbocycles. The summed E-state index contributed by atoms with van der Waals surface area (Å²) in [6.07, 6.45) is 1.18. The zero-order chi connectivity index (χ0) is 11.5. The molecule has 1 unspecified atom stereocenters. The predicted octanol–water partition coefficient (Wildman–Crippen LogP) is 1.86. The van der Waals surface area contributed by atoms with Gasteiger partial charge in [-0.3, -0.25) is 0 Å². The van der Waals surface area contributed by atoms with Crippen molar-refractivity contribution in [2.45, 2.75) is 19.3 Å². The molecule has 1 heterocycles. The van der Waals surface area contributed by atoms with Gasteiger partial charge < -0.3 is 10.1 Å². The normalized spacial score (nSPS) is 19.8. The Morgan fingerprint density at radius 1 is 1.50 bits per heavy atom. The molecule has 0 bridgehead atoms. The molecule has 1 saturated heterocycles. The molecule has 1 aliphatic heterocycles. The number of carbonyl (C=O) groups is 1. The number of nitrogens with one attached hydrogen (secondary N) is 1. The first-order chi connectivity index (χ1) is 7.72. The van der Waals surface area contributed by atoms with E-state index in [9.17, 15) is 4.79 Å². The molecule has 0 saturated carbocycles. The third kappa shape index (κ3) is 2.09. The second kappa shape index (κ2) is 4.66. The van der Waals surface area contributed by atoms with Gasteiger partial charge >= 0.3 is 5.97 Å². The van der Waals surface area contributed by atoms with Gasteiger partial charge in [0.2, 0.25) is 0 Å². The third-order valence-corrected chi connectivity index (χ3v) is 3.19. The minimum absolute atomic E-state index is 0.256. The van der Waals surface area contributed by atoms with Crippen molar-refractivity contribution < 1.29 is 9.53 Å². The molecule has 1 fully saturated rings. The van der Waals surface area contributed by atoms with Crippen molar-refractivity contribution in [1.29, 1.82) is 0 Å². The predicted molar refractivity (Wildman–Crippen MR) is 62.7 cm³/mol. The van der Waals surface area contributed by atoms with Gasteiger partial charge in [0.25, 0.3) is 0 Å². The molecular formula is C13H17NO2. The van der Waals surface area contributed by atoms with Crippen LogP contribution in [-0.4, -0.2) is 26.2 Å². The molecule has 3 nitrogen and oxygen atoms in total. The highest BCUT2D eigenvalue weighted by Gasteiger charge is 2.18. The Morgan fingerprint density at radius 3 is 2.88 bits per heavy atom. The minimum Gasteiger partial charge on any atom is -0.465 e. The van der Waals surface area contributed by atoms with Crippen molar-refractivity contribution in [1.82, 2.24) is 5.32 Å². The molecule has 1 atom stereocenters. The van der Waals surface area contributed by atoms with Crippen LogP contribution >= 0.6 is 0 Å². The first-order valence-corrected chi connectivity index (χ1v) is 5.62. The summed E-state index contributed by atoms with van der Waals surface area (Å²) in [6.45, 7) is 4.08. The van der Waals surface area contributed by atoms with Crippen molar-refractivity contribution in [3.63, 3.8) is 0 Å². The summed E-state index contributed by atoms with van der Waals surface area (Å²) in [5.41, 5.74) is 2.98. The average Bonchev–Trinajstić information content (AvgIpc) is 2.81. The van der Waals surface area contributed by atoms with Crippen molar-refractivity contribution in [3.8, 4) is 0 Å². The summed E-state index contributed by atoms with van der Waals surface area (Å²) in [7, 11) is 1.41. The number of ether oxygens (including phenoxy) is 1. The second-order valence-electron chi connectivity index (χ2n) is 4.26. The molecule has 1 aliphatic rings. The van der Waals surface area contributed by atoms with Gasteiger partial charge in [0, 0.05) is 6.54 Å². The van der Waals surface area contributed by atoms with E-state index >= 15 is 0 Å². The van der Waals surface area contributed by atoms with Crippen LogP contribution < -0.4 is 5.32 Å². The van der Waals surface area contributed by atoms with Crippen molar-refractivity contribution in [3.05, 3.63) is 34.9 Å². The fraction of sp³-hybridized carbons (Fsp3) is 0.462. The topological polar surface area (TPSA) is 38.3 Å². The Labute approximate surface area is 95.8 Å². The molecule has 0 radical (unpaired) electrons. The van der Waals surface area contributed by atoms with E-state index in [0.717, 1.165) is 18.7 Å². The van der Waals surface area contributed by atoms with E-state index in [4.69, 9.17) is 4.74 Å². The lowest BCUT2D eigenvalue weighted by Gasteiger charge is -2.11. The highest BCUT2D eigenvalue weighted by atomic mass is 16.5. The fourth-order valence-corrected chi connectivity index (χ4v) is 2.22. The summed E-state index contributed by atoms with van der Waals surface area (Å²) < 4.78 is 4.73. The molecule has 0 spiro atoms. The molecule has 2 rings (SSSR count). The summed E-state index contributed by atoms with van der Waals surface area (Å²) in [5.74, 6) is 0.332. The fourth-order valence-electron chi connectivity index (χ4n) is 2.22. The van der Waals surface area contributed by atoms with Crippen molar-refractivity contribution in [2.75, 3.05) is 20.2 Å². The van der Waals surface area contributed by atoms with Gasteiger partial charge in [-0.05, 0) is 43.0 Å². The molecular weight excluding hydrogens is 202 g/mol. The number of aryl methyl sites for hydroxylation is 1. The summed E-state index contributed by atoms with van der Waals surface area (Å²) in [5, 5.41) is 3.35. The standard InChI is InChI=1S/C13H17NO2/c1-9-7-10(11-5-6-14-8-11)3-4-12(9)13(15)16-2/h3-4,7,11,14H,5-6,8H2,1-2H3. The van der Waals surface area contributed by atoms with Crippen LogP contribution in [0.4, 0.5) is 0 Å². The van der Waals surface area contributed by atoms with Crippen LogP contribution in [0.2, 0.25) is 0 Å². The van der Waals surface area contributed by atoms with Crippen LogP contribution in [0.1, 0.15) is 33.8 Å². The number of benzene rings is 1. The number of hydrogen-bond acceptors (Lipinski definition) is 3. The molecule has 0 aliphatic carbocycles. The first-order valence-electron chi connectivity index (χ1n) is 5.62. The van der Waals surface area contributed by atoms with E-state index in [1.807, 2.05) is 19.1 Å². The molecule has 16 heavy (non-hydrogen) atoms. The van der Waals surface area contributed by atoms with Crippen molar-refractivity contribution >= 4 is 5.97 Å². The Hall–Kier alpha value is -1.35. The molecule has 1 N–H and O–H groups in total. The number of hydrogen-bond donors (Lipinski definition) is 1. The summed E-state index contributed by atoms with van der Waals surface area (Å²) >= 11 is 0. The number of carbonyl (C=O) groups excluding carboxylic acids is 1. The van der Waals surface area contributed by atoms with Gasteiger partial charge in [-0.2, -0.15) is 0 Å². The second-order valence-corrected chi connectivity index (χ2v) is 4.26. The lowest BCUT2D eigenvalue weighted by molar-refractivity contribution is 0.0600. The lowest BCUT2D eigenvalue weighted by atomic mass is 9.95. The van der Waals surface area contributed by atoms with E-state index in [2.05, 4.69) is 11.4 Å². The molecule has 1 aromatic rings. The maximum absolute atomic E-state index is 11.4. The van der Waals surface area contributed by atoms with Crippen LogP contribution in [0.15, 0.2) is 18.2 Å². The molecule has 0 aromatic heterocycles. The van der Waals surface area contributed by atoms with Crippen LogP contribution in [0.5, 0.6) is 0 Å². The quantitative estimate of drug-likeness (QED) is 0.771. The maximum atomic E-state index is 11.4.